The maximum Gasteiger partial charge on any atom is 0.249 e. The van der Waals surface area contributed by atoms with Gasteiger partial charge < -0.3 is 10.2 Å². The van der Waals surface area contributed by atoms with Crippen LogP contribution in [0.3, 0.4) is 0 Å². The van der Waals surface area contributed by atoms with Gasteiger partial charge in [-0.3, -0.25) is 9.59 Å². The van der Waals surface area contributed by atoms with E-state index in [0.717, 1.165) is 15.6 Å². The van der Waals surface area contributed by atoms with Crippen LogP contribution in [0.4, 0.5) is 0 Å². The van der Waals surface area contributed by atoms with Crippen LogP contribution < -0.4 is 5.32 Å². The Kier molecular flexibility index (Phi) is 7.39. The van der Waals surface area contributed by atoms with Crippen molar-refractivity contribution >= 4 is 27.7 Å². The summed E-state index contributed by atoms with van der Waals surface area (Å²) in [4.78, 5) is 27.0. The summed E-state index contributed by atoms with van der Waals surface area (Å²) >= 11 is 3.41. The molecule has 2 aromatic carbocycles. The zero-order valence-electron chi connectivity index (χ0n) is 15.4. The lowest BCUT2D eigenvalue weighted by molar-refractivity contribution is -0.136. The van der Waals surface area contributed by atoms with Gasteiger partial charge in [0.2, 0.25) is 11.8 Å². The SMILES string of the molecule is CC(C)CC(=O)NC(C(=O)N(C)Cc1ccc(Br)cc1)c1ccccc1. The van der Waals surface area contributed by atoms with Crippen LogP contribution in [-0.4, -0.2) is 23.8 Å². The van der Waals surface area contributed by atoms with Crippen molar-refractivity contribution in [2.75, 3.05) is 7.05 Å². The van der Waals surface area contributed by atoms with E-state index in [2.05, 4.69) is 21.2 Å². The Balaban J connectivity index is 2.16. The molecule has 1 atom stereocenters. The number of likely N-dealkylation sites (N-methyl/N-ethyl adjacent to an activating group) is 1. The van der Waals surface area contributed by atoms with Crippen molar-refractivity contribution in [3.8, 4) is 0 Å². The molecule has 5 heteroatoms. The molecule has 0 aliphatic carbocycles. The minimum Gasteiger partial charge on any atom is -0.341 e. The number of amides is 2. The Hall–Kier alpha value is -2.14. The van der Waals surface area contributed by atoms with E-state index in [0.29, 0.717) is 13.0 Å². The quantitative estimate of drug-likeness (QED) is 0.730. The Bertz CT molecular complexity index is 729. The van der Waals surface area contributed by atoms with Gasteiger partial charge in [0.1, 0.15) is 6.04 Å². The number of benzene rings is 2. The first-order valence-corrected chi connectivity index (χ1v) is 9.50. The second-order valence-corrected chi connectivity index (χ2v) is 7.75. The highest BCUT2D eigenvalue weighted by Crippen LogP contribution is 2.18. The predicted octanol–water partition coefficient (Wildman–Crippen LogP) is 4.31. The van der Waals surface area contributed by atoms with Gasteiger partial charge in [0.05, 0.1) is 0 Å². The largest absolute Gasteiger partial charge is 0.341 e. The van der Waals surface area contributed by atoms with Crippen molar-refractivity contribution in [3.63, 3.8) is 0 Å². The first kappa shape index (κ1) is 20.2. The summed E-state index contributed by atoms with van der Waals surface area (Å²) in [5, 5.41) is 2.90. The highest BCUT2D eigenvalue weighted by molar-refractivity contribution is 9.10. The molecule has 1 N–H and O–H groups in total. The maximum absolute atomic E-state index is 13.0. The highest BCUT2D eigenvalue weighted by Gasteiger charge is 2.25. The summed E-state index contributed by atoms with van der Waals surface area (Å²) in [7, 11) is 1.76. The molecule has 138 valence electrons. The van der Waals surface area contributed by atoms with Gasteiger partial charge >= 0.3 is 0 Å². The second kappa shape index (κ2) is 9.53. The Labute approximate surface area is 163 Å². The van der Waals surface area contributed by atoms with E-state index in [1.165, 1.54) is 0 Å². The van der Waals surface area contributed by atoms with E-state index in [1.807, 2.05) is 68.4 Å². The average molecular weight is 417 g/mol. The molecular weight excluding hydrogens is 392 g/mol. The lowest BCUT2D eigenvalue weighted by Gasteiger charge is -2.25. The van der Waals surface area contributed by atoms with E-state index >= 15 is 0 Å². The standard InChI is InChI=1S/C21H25BrN2O2/c1-15(2)13-19(25)23-20(17-7-5-4-6-8-17)21(26)24(3)14-16-9-11-18(22)12-10-16/h4-12,15,20H,13-14H2,1-3H3,(H,23,25). The van der Waals surface area contributed by atoms with Gasteiger partial charge in [-0.25, -0.2) is 0 Å². The molecule has 0 fully saturated rings. The molecule has 2 amide bonds. The highest BCUT2D eigenvalue weighted by atomic mass is 79.9. The third-order valence-electron chi connectivity index (χ3n) is 3.99. The Morgan fingerprint density at radius 3 is 2.23 bits per heavy atom. The molecule has 1 unspecified atom stereocenters. The molecule has 0 spiro atoms. The number of nitrogens with one attached hydrogen (secondary N) is 1. The molecule has 2 aromatic rings. The molecule has 0 aromatic heterocycles. The van der Waals surface area contributed by atoms with Gasteiger partial charge in [-0.1, -0.05) is 72.2 Å². The van der Waals surface area contributed by atoms with Crippen molar-refractivity contribution < 1.29 is 9.59 Å². The zero-order chi connectivity index (χ0) is 19.1. The first-order chi connectivity index (χ1) is 12.4. The fraction of sp³-hybridized carbons (Fsp3) is 0.333. The molecular formula is C21H25BrN2O2. The number of carbonyl (C=O) groups is 2. The van der Waals surface area contributed by atoms with Crippen LogP contribution in [0, 0.1) is 5.92 Å². The van der Waals surface area contributed by atoms with Gasteiger partial charge in [-0.2, -0.15) is 0 Å². The normalized spacial score (nSPS) is 11.9. The summed E-state index contributed by atoms with van der Waals surface area (Å²) in [5.41, 5.74) is 1.82. The zero-order valence-corrected chi connectivity index (χ0v) is 17.0. The van der Waals surface area contributed by atoms with Gasteiger partial charge in [-0.15, -0.1) is 0 Å². The molecule has 2 rings (SSSR count). The van der Waals surface area contributed by atoms with Gasteiger partial charge in [-0.05, 0) is 29.2 Å². The second-order valence-electron chi connectivity index (χ2n) is 6.83. The van der Waals surface area contributed by atoms with Crippen LogP contribution in [-0.2, 0) is 16.1 Å². The fourth-order valence-corrected chi connectivity index (χ4v) is 2.95. The lowest BCUT2D eigenvalue weighted by atomic mass is 10.0. The monoisotopic (exact) mass is 416 g/mol. The molecule has 0 heterocycles. The molecule has 0 saturated carbocycles. The van der Waals surface area contributed by atoms with Crippen LogP contribution in [0.5, 0.6) is 0 Å². The van der Waals surface area contributed by atoms with Crippen LogP contribution in [0.25, 0.3) is 0 Å². The molecule has 0 aliphatic heterocycles. The van der Waals surface area contributed by atoms with Crippen molar-refractivity contribution in [2.24, 2.45) is 5.92 Å². The Morgan fingerprint density at radius 1 is 1.04 bits per heavy atom. The minimum atomic E-state index is -0.678. The predicted molar refractivity (Wildman–Crippen MR) is 107 cm³/mol. The van der Waals surface area contributed by atoms with Crippen molar-refractivity contribution in [1.82, 2.24) is 10.2 Å². The molecule has 0 bridgehead atoms. The van der Waals surface area contributed by atoms with E-state index in [9.17, 15) is 9.59 Å². The minimum absolute atomic E-state index is 0.112. The van der Waals surface area contributed by atoms with Crippen LogP contribution in [0.2, 0.25) is 0 Å². The topological polar surface area (TPSA) is 49.4 Å². The average Bonchev–Trinajstić information content (AvgIpc) is 2.61. The van der Waals surface area contributed by atoms with Crippen molar-refractivity contribution in [1.29, 1.82) is 0 Å². The van der Waals surface area contributed by atoms with E-state index in [4.69, 9.17) is 0 Å². The van der Waals surface area contributed by atoms with Crippen molar-refractivity contribution in [2.45, 2.75) is 32.9 Å². The lowest BCUT2D eigenvalue weighted by Crippen LogP contribution is -2.41. The van der Waals surface area contributed by atoms with E-state index in [1.54, 1.807) is 11.9 Å². The number of rotatable bonds is 7. The Morgan fingerprint density at radius 2 is 1.65 bits per heavy atom. The summed E-state index contributed by atoms with van der Waals surface area (Å²) in [6, 6.07) is 16.6. The molecule has 4 nitrogen and oxygen atoms in total. The van der Waals surface area contributed by atoms with Gasteiger partial charge in [0.25, 0.3) is 0 Å². The van der Waals surface area contributed by atoms with E-state index in [-0.39, 0.29) is 17.7 Å². The number of halogens is 1. The molecule has 0 radical (unpaired) electrons. The molecule has 26 heavy (non-hydrogen) atoms. The summed E-state index contributed by atoms with van der Waals surface area (Å²) in [6.45, 7) is 4.45. The number of hydrogen-bond donors (Lipinski definition) is 1. The van der Waals surface area contributed by atoms with Gasteiger partial charge in [0, 0.05) is 24.5 Å². The number of hydrogen-bond acceptors (Lipinski definition) is 2. The smallest absolute Gasteiger partial charge is 0.249 e. The third-order valence-corrected chi connectivity index (χ3v) is 4.52. The van der Waals surface area contributed by atoms with E-state index < -0.39 is 6.04 Å². The van der Waals surface area contributed by atoms with Crippen LogP contribution in [0.15, 0.2) is 59.1 Å². The van der Waals surface area contributed by atoms with Crippen molar-refractivity contribution in [3.05, 3.63) is 70.2 Å². The number of nitrogens with zero attached hydrogens (tertiary/aromatic N) is 1. The third kappa shape index (κ3) is 5.99. The maximum atomic E-state index is 13.0. The van der Waals surface area contributed by atoms with Crippen LogP contribution in [0.1, 0.15) is 37.4 Å². The molecule has 0 aliphatic rings. The molecule has 0 saturated heterocycles. The summed E-state index contributed by atoms with van der Waals surface area (Å²) in [5.74, 6) is -0.00232. The van der Waals surface area contributed by atoms with Gasteiger partial charge in [0.15, 0.2) is 0 Å². The fourth-order valence-electron chi connectivity index (χ4n) is 2.69. The summed E-state index contributed by atoms with van der Waals surface area (Å²) in [6.07, 6.45) is 0.396. The first-order valence-electron chi connectivity index (χ1n) is 8.70. The summed E-state index contributed by atoms with van der Waals surface area (Å²) < 4.78 is 0.998. The number of carbonyl (C=O) groups excluding carboxylic acids is 2. The van der Waals surface area contributed by atoms with Crippen LogP contribution >= 0.6 is 15.9 Å².